The fourth-order valence-electron chi connectivity index (χ4n) is 2.33. The van der Waals surface area contributed by atoms with Gasteiger partial charge in [-0.2, -0.15) is 4.98 Å². The second kappa shape index (κ2) is 7.89. The van der Waals surface area contributed by atoms with Crippen LogP contribution in [0.15, 0.2) is 17.1 Å². The van der Waals surface area contributed by atoms with E-state index in [0.29, 0.717) is 24.9 Å². The average Bonchev–Trinajstić information content (AvgIpc) is 3.00. The third-order valence-corrected chi connectivity index (χ3v) is 3.57. The van der Waals surface area contributed by atoms with Gasteiger partial charge in [-0.1, -0.05) is 6.92 Å². The summed E-state index contributed by atoms with van der Waals surface area (Å²) in [5.41, 5.74) is 5.69. The van der Waals surface area contributed by atoms with Crippen LogP contribution in [0.5, 0.6) is 0 Å². The quantitative estimate of drug-likeness (QED) is 0.636. The zero-order chi connectivity index (χ0) is 16.8. The summed E-state index contributed by atoms with van der Waals surface area (Å²) >= 11 is 0. The molecule has 1 aliphatic rings. The van der Waals surface area contributed by atoms with Gasteiger partial charge in [-0.25, -0.2) is 4.79 Å². The van der Waals surface area contributed by atoms with Crippen molar-refractivity contribution in [2.75, 3.05) is 18.9 Å². The average molecular weight is 322 g/mol. The summed E-state index contributed by atoms with van der Waals surface area (Å²) < 4.78 is 6.92. The zero-order valence-corrected chi connectivity index (χ0v) is 13.1. The first-order chi connectivity index (χ1) is 11.0. The minimum Gasteiger partial charge on any atom is -0.394 e. The number of anilines is 1. The predicted octanol–water partition coefficient (Wildman–Crippen LogP) is 0.0348. The number of nitrogen functional groups attached to an aromatic ring is 1. The molecule has 2 heterocycles. The number of aliphatic hydroxyl groups excluding tert-OH is 1. The van der Waals surface area contributed by atoms with E-state index in [-0.39, 0.29) is 24.4 Å². The number of hydrogen-bond donors (Lipinski definition) is 3. The lowest BCUT2D eigenvalue weighted by Crippen LogP contribution is -2.28. The highest BCUT2D eigenvalue weighted by atomic mass is 16.5. The van der Waals surface area contributed by atoms with Crippen LogP contribution in [0.1, 0.15) is 38.0 Å². The number of hydrogen-bond acceptors (Lipinski definition) is 6. The van der Waals surface area contributed by atoms with Crippen LogP contribution < -0.4 is 16.7 Å². The Balaban J connectivity index is 2.18. The molecule has 1 saturated heterocycles. The van der Waals surface area contributed by atoms with E-state index in [0.717, 1.165) is 6.42 Å². The highest BCUT2D eigenvalue weighted by Gasteiger charge is 2.27. The molecule has 23 heavy (non-hydrogen) atoms. The van der Waals surface area contributed by atoms with Crippen molar-refractivity contribution in [3.8, 4) is 0 Å². The Hall–Kier alpha value is -2.19. The first kappa shape index (κ1) is 17.2. The van der Waals surface area contributed by atoms with Crippen LogP contribution in [0.25, 0.3) is 6.08 Å². The molecule has 2 unspecified atom stereocenters. The number of amides is 1. The molecule has 1 aliphatic heterocycles. The largest absolute Gasteiger partial charge is 0.394 e. The molecule has 2 atom stereocenters. The summed E-state index contributed by atoms with van der Waals surface area (Å²) in [6.45, 7) is 2.47. The van der Waals surface area contributed by atoms with Crippen LogP contribution >= 0.6 is 0 Å². The molecule has 1 amide bonds. The molecule has 1 aromatic rings. The van der Waals surface area contributed by atoms with Crippen LogP contribution in [-0.4, -0.2) is 39.8 Å². The number of ether oxygens (including phenoxy) is 1. The van der Waals surface area contributed by atoms with Gasteiger partial charge in [-0.05, 0) is 25.3 Å². The summed E-state index contributed by atoms with van der Waals surface area (Å²) in [6.07, 6.45) is 5.76. The van der Waals surface area contributed by atoms with E-state index >= 15 is 0 Å². The maximum atomic E-state index is 12.0. The van der Waals surface area contributed by atoms with Gasteiger partial charge in [0.2, 0.25) is 5.91 Å². The van der Waals surface area contributed by atoms with E-state index < -0.39 is 11.9 Å². The summed E-state index contributed by atoms with van der Waals surface area (Å²) in [5, 5.41) is 11.8. The maximum Gasteiger partial charge on any atom is 0.351 e. The van der Waals surface area contributed by atoms with E-state index in [4.69, 9.17) is 15.6 Å². The molecule has 1 fully saturated rings. The molecule has 0 radical (unpaired) electrons. The number of nitrogens with zero attached hydrogens (tertiary/aromatic N) is 2. The predicted molar refractivity (Wildman–Crippen MR) is 85.5 cm³/mol. The standard InChI is InChI=1S/C15H22N4O4/c1-2-7-17-12(21)5-3-10-8-19(15(22)18-14(10)16)13-6-4-11(9-20)23-13/h3,5,8,11,13,20H,2,4,6-7,9H2,1H3,(H,17,21)(H2,16,18,22)/b5-3+. The Morgan fingerprint density at radius 1 is 1.61 bits per heavy atom. The second-order valence-corrected chi connectivity index (χ2v) is 5.37. The van der Waals surface area contributed by atoms with Gasteiger partial charge in [0, 0.05) is 24.4 Å². The molecule has 0 aromatic carbocycles. The van der Waals surface area contributed by atoms with E-state index in [1.54, 1.807) is 0 Å². The number of rotatable bonds is 6. The molecule has 1 aromatic heterocycles. The molecule has 8 nitrogen and oxygen atoms in total. The van der Waals surface area contributed by atoms with E-state index in [1.807, 2.05) is 6.92 Å². The van der Waals surface area contributed by atoms with Gasteiger partial charge in [0.25, 0.3) is 0 Å². The fraction of sp³-hybridized carbons (Fsp3) is 0.533. The van der Waals surface area contributed by atoms with Crippen LogP contribution in [0.3, 0.4) is 0 Å². The number of carbonyl (C=O) groups excluding carboxylic acids is 1. The third-order valence-electron chi connectivity index (χ3n) is 3.57. The smallest absolute Gasteiger partial charge is 0.351 e. The summed E-state index contributed by atoms with van der Waals surface area (Å²) in [6, 6.07) is 0. The van der Waals surface area contributed by atoms with Crippen LogP contribution in [0.2, 0.25) is 0 Å². The Labute approximate surface area is 134 Å². The lowest BCUT2D eigenvalue weighted by molar-refractivity contribution is -0.116. The van der Waals surface area contributed by atoms with Crippen molar-refractivity contribution in [1.82, 2.24) is 14.9 Å². The van der Waals surface area contributed by atoms with Crippen molar-refractivity contribution in [1.29, 1.82) is 0 Å². The fourth-order valence-corrected chi connectivity index (χ4v) is 2.33. The Kier molecular flexibility index (Phi) is 5.89. The number of aromatic nitrogens is 2. The lowest BCUT2D eigenvalue weighted by Gasteiger charge is -2.15. The van der Waals surface area contributed by atoms with Gasteiger partial charge in [0.15, 0.2) is 0 Å². The minimum atomic E-state index is -0.515. The van der Waals surface area contributed by atoms with Crippen LogP contribution in [0.4, 0.5) is 5.82 Å². The van der Waals surface area contributed by atoms with Crippen molar-refractivity contribution < 1.29 is 14.6 Å². The third kappa shape index (κ3) is 4.40. The van der Waals surface area contributed by atoms with Crippen molar-refractivity contribution in [3.05, 3.63) is 28.3 Å². The first-order valence-electron chi connectivity index (χ1n) is 7.66. The molecule has 126 valence electrons. The molecule has 0 aliphatic carbocycles. The molecule has 8 heteroatoms. The molecule has 2 rings (SSSR count). The van der Waals surface area contributed by atoms with Gasteiger partial charge >= 0.3 is 5.69 Å². The van der Waals surface area contributed by atoms with Gasteiger partial charge < -0.3 is 20.9 Å². The molecular formula is C15H22N4O4. The molecule has 4 N–H and O–H groups in total. The summed E-state index contributed by atoms with van der Waals surface area (Å²) in [5.74, 6) is -0.177. The normalized spacial score (nSPS) is 21.0. The Morgan fingerprint density at radius 3 is 3.04 bits per heavy atom. The second-order valence-electron chi connectivity index (χ2n) is 5.37. The minimum absolute atomic E-state index is 0.0579. The van der Waals surface area contributed by atoms with Crippen molar-refractivity contribution in [3.63, 3.8) is 0 Å². The van der Waals surface area contributed by atoms with Crippen molar-refractivity contribution in [2.24, 2.45) is 0 Å². The van der Waals surface area contributed by atoms with Gasteiger partial charge in [-0.3, -0.25) is 9.36 Å². The lowest BCUT2D eigenvalue weighted by atomic mass is 10.2. The highest BCUT2D eigenvalue weighted by Crippen LogP contribution is 2.27. The topological polar surface area (TPSA) is 119 Å². The molecular weight excluding hydrogens is 300 g/mol. The molecule has 0 spiro atoms. The number of carbonyl (C=O) groups is 1. The Bertz CT molecular complexity index is 641. The number of aliphatic hydroxyl groups is 1. The highest BCUT2D eigenvalue weighted by molar-refractivity contribution is 5.92. The van der Waals surface area contributed by atoms with Gasteiger partial charge in [0.05, 0.1) is 12.7 Å². The Morgan fingerprint density at radius 2 is 2.39 bits per heavy atom. The zero-order valence-electron chi connectivity index (χ0n) is 13.1. The van der Waals surface area contributed by atoms with Crippen LogP contribution in [0, 0.1) is 0 Å². The van der Waals surface area contributed by atoms with E-state index in [1.165, 1.54) is 22.9 Å². The van der Waals surface area contributed by atoms with E-state index in [9.17, 15) is 9.59 Å². The van der Waals surface area contributed by atoms with Gasteiger partial charge in [0.1, 0.15) is 12.0 Å². The van der Waals surface area contributed by atoms with E-state index in [2.05, 4.69) is 10.3 Å². The monoisotopic (exact) mass is 322 g/mol. The molecule has 0 saturated carbocycles. The first-order valence-corrected chi connectivity index (χ1v) is 7.66. The van der Waals surface area contributed by atoms with Gasteiger partial charge in [-0.15, -0.1) is 0 Å². The summed E-state index contributed by atoms with van der Waals surface area (Å²) in [4.78, 5) is 27.3. The van der Waals surface area contributed by atoms with Crippen LogP contribution in [-0.2, 0) is 9.53 Å². The van der Waals surface area contributed by atoms with Crippen molar-refractivity contribution in [2.45, 2.75) is 38.5 Å². The number of nitrogens with one attached hydrogen (secondary N) is 1. The van der Waals surface area contributed by atoms with Crippen molar-refractivity contribution >= 4 is 17.8 Å². The SMILES string of the molecule is CCCNC(=O)/C=C/c1cn(C2CCC(CO)O2)c(=O)nc1N. The summed E-state index contributed by atoms with van der Waals surface area (Å²) in [7, 11) is 0. The number of nitrogens with two attached hydrogens (primary N) is 1. The molecule has 0 bridgehead atoms. The maximum absolute atomic E-state index is 12.0.